The normalized spacial score (nSPS) is 31.3. The summed E-state index contributed by atoms with van der Waals surface area (Å²) in [6.07, 6.45) is 36.8. The quantitative estimate of drug-likeness (QED) is 0.245. The Morgan fingerprint density at radius 2 is 0.489 bits per heavy atom. The minimum Gasteiger partial charge on any atom is -0.378 e. The predicted octanol–water partition coefficient (Wildman–Crippen LogP) is 25.5. The molecule has 7 heteroatoms. The van der Waals surface area contributed by atoms with E-state index in [4.69, 9.17) is 28.4 Å². The second kappa shape index (κ2) is 55.6. The number of rotatable bonds is 0. The number of benzene rings is 2. The molecule has 7 fully saturated rings. The molecular formula is C85H156O6Y. The first kappa shape index (κ1) is 92.8. The first-order valence-electron chi connectivity index (χ1n) is 37.6. The van der Waals surface area contributed by atoms with Gasteiger partial charge in [0, 0.05) is 57.8 Å². The van der Waals surface area contributed by atoms with Crippen molar-refractivity contribution < 1.29 is 61.1 Å². The van der Waals surface area contributed by atoms with Crippen LogP contribution in [-0.2, 0) is 61.1 Å². The van der Waals surface area contributed by atoms with Gasteiger partial charge >= 0.3 is 0 Å². The molecule has 1 radical (unpaired) electrons. The molecule has 2 aromatic carbocycles. The average Bonchev–Trinajstić information content (AvgIpc) is 2.58. The van der Waals surface area contributed by atoms with Crippen LogP contribution in [0, 0.1) is 113 Å². The smallest absolute Gasteiger partial charge is 0.154 e. The number of allylic oxidation sites excluding steroid dienone is 4. The SMILES string of the molecule is C.CC1=CCC(C)CC1.CC1=CCC(C)CC1.CC1CCC(C)CC1.CC1CCC(C)CC1.CC1CCC(C)CC1.CC1CCC(C)OC1.CC1CCC(C)OC1.CC1COC(C)OC1.CC1COC(C)OC1.Cc1ccc(C)c(C)c1C.Cc1ccc(C)cc1.[Y]. The molecule has 0 aromatic heterocycles. The first-order valence-corrected chi connectivity index (χ1v) is 37.6. The average molecular weight is 1360 g/mol. The minimum atomic E-state index is 0. The van der Waals surface area contributed by atoms with Crippen molar-refractivity contribution in [2.75, 3.05) is 39.6 Å². The van der Waals surface area contributed by atoms with Crippen molar-refractivity contribution >= 4 is 0 Å². The summed E-state index contributed by atoms with van der Waals surface area (Å²) in [5.41, 5.74) is 11.5. The van der Waals surface area contributed by atoms with Gasteiger partial charge in [-0.3, -0.25) is 0 Å². The van der Waals surface area contributed by atoms with E-state index < -0.39 is 0 Å². The molecule has 92 heavy (non-hydrogen) atoms. The Morgan fingerprint density at radius 3 is 0.663 bits per heavy atom. The van der Waals surface area contributed by atoms with Crippen LogP contribution in [-0.4, -0.2) is 64.4 Å². The van der Waals surface area contributed by atoms with Crippen molar-refractivity contribution in [3.8, 4) is 0 Å². The summed E-state index contributed by atoms with van der Waals surface area (Å²) < 4.78 is 31.5. The van der Waals surface area contributed by atoms with Crippen LogP contribution in [0.15, 0.2) is 59.7 Å². The maximum atomic E-state index is 5.39. The molecule has 0 bridgehead atoms. The summed E-state index contributed by atoms with van der Waals surface area (Å²) >= 11 is 0. The third-order valence-electron chi connectivity index (χ3n) is 20.2. The van der Waals surface area contributed by atoms with Crippen molar-refractivity contribution in [1.29, 1.82) is 0 Å². The molecule has 11 rings (SSSR count). The molecule has 6 unspecified atom stereocenters. The molecule has 9 aliphatic rings. The van der Waals surface area contributed by atoms with Gasteiger partial charge in [-0.15, -0.1) is 0 Å². The summed E-state index contributed by atoms with van der Waals surface area (Å²) in [6, 6.07) is 12.8. The number of hydrogen-bond acceptors (Lipinski definition) is 6. The van der Waals surface area contributed by atoms with Crippen LogP contribution < -0.4 is 0 Å². The van der Waals surface area contributed by atoms with Gasteiger partial charge in [-0.1, -0.05) is 238 Å². The largest absolute Gasteiger partial charge is 0.378 e. The molecule has 535 valence electrons. The summed E-state index contributed by atoms with van der Waals surface area (Å²) in [7, 11) is 0. The topological polar surface area (TPSA) is 55.4 Å². The van der Waals surface area contributed by atoms with Crippen LogP contribution in [0.5, 0.6) is 0 Å². The second-order valence-electron chi connectivity index (χ2n) is 31.4. The van der Waals surface area contributed by atoms with E-state index in [-0.39, 0.29) is 52.7 Å². The van der Waals surface area contributed by atoms with Crippen molar-refractivity contribution in [2.24, 2.45) is 71.0 Å². The van der Waals surface area contributed by atoms with Gasteiger partial charge in [-0.05, 0) is 229 Å². The maximum Gasteiger partial charge on any atom is 0.154 e. The second-order valence-corrected chi connectivity index (χ2v) is 31.4. The Balaban J connectivity index is 0. The maximum absolute atomic E-state index is 5.39. The molecule has 6 atom stereocenters. The van der Waals surface area contributed by atoms with Gasteiger partial charge in [0.05, 0.1) is 38.6 Å². The number of aryl methyl sites for hydroxylation is 4. The third-order valence-corrected chi connectivity index (χ3v) is 20.2. The van der Waals surface area contributed by atoms with Crippen molar-refractivity contribution in [3.05, 3.63) is 93.1 Å². The molecule has 0 N–H and O–H groups in total. The zero-order valence-corrected chi connectivity index (χ0v) is 67.5. The van der Waals surface area contributed by atoms with Gasteiger partial charge in [-0.25, -0.2) is 0 Å². The molecule has 4 aliphatic heterocycles. The predicted molar refractivity (Wildman–Crippen MR) is 401 cm³/mol. The van der Waals surface area contributed by atoms with E-state index in [1.54, 1.807) is 11.1 Å². The standard InChI is InChI=1S/C10H14.3C8H16.2C8H14.C8H10.2C7H14O.2C6H12O2.CH4.Y/c1-7-5-6-8(2)10(4)9(7)3;6*1-7-3-5-8(2)6-4-7;2*1-6-3-4-7(2)8-5-6;2*1-5-3-7-6(2)8-4-5;;/h5-6H,1-4H3;3*7-8H,3-6H2,1-2H3;2*3,8H,4-6H2,1-2H3;3-6H,1-2H3;2*6-7H,3-5H2,1-2H3;2*5-6H,3-4H2,1-2H3;1H4;. The Labute approximate surface area is 600 Å². The Kier molecular flexibility index (Phi) is 56.1. The molecule has 0 amide bonds. The molecule has 3 saturated carbocycles. The Hall–Kier alpha value is -1.22. The van der Waals surface area contributed by atoms with E-state index in [9.17, 15) is 0 Å². The molecule has 6 nitrogen and oxygen atoms in total. The van der Waals surface area contributed by atoms with E-state index in [0.717, 1.165) is 98.8 Å². The Bertz CT molecular complexity index is 1700. The molecule has 4 heterocycles. The third kappa shape index (κ3) is 51.0. The minimum absolute atomic E-state index is 0. The van der Waals surface area contributed by atoms with Gasteiger partial charge in [0.1, 0.15) is 0 Å². The van der Waals surface area contributed by atoms with Crippen LogP contribution in [0.4, 0.5) is 0 Å². The molecule has 4 saturated heterocycles. The molecule has 0 spiro atoms. The summed E-state index contributed by atoms with van der Waals surface area (Å²) in [5, 5.41) is 0. The van der Waals surface area contributed by atoms with Crippen molar-refractivity contribution in [3.63, 3.8) is 0 Å². The van der Waals surface area contributed by atoms with Crippen LogP contribution in [0.2, 0.25) is 0 Å². The van der Waals surface area contributed by atoms with Gasteiger partial charge in [0.25, 0.3) is 0 Å². The van der Waals surface area contributed by atoms with Crippen molar-refractivity contribution in [2.45, 2.75) is 340 Å². The zero-order chi connectivity index (χ0) is 67.6. The van der Waals surface area contributed by atoms with Gasteiger partial charge in [0.2, 0.25) is 0 Å². The fraction of sp³-hybridized carbons (Fsp3) is 0.812. The van der Waals surface area contributed by atoms with E-state index >= 15 is 0 Å². The fourth-order valence-electron chi connectivity index (χ4n) is 11.6. The summed E-state index contributed by atoms with van der Waals surface area (Å²) in [6.45, 7) is 58.4. The van der Waals surface area contributed by atoms with Gasteiger partial charge < -0.3 is 28.4 Å². The first-order chi connectivity index (χ1) is 42.5. The van der Waals surface area contributed by atoms with Crippen LogP contribution in [0.3, 0.4) is 0 Å². The van der Waals surface area contributed by atoms with E-state index in [2.05, 4.69) is 201 Å². The van der Waals surface area contributed by atoms with E-state index in [1.165, 1.54) is 175 Å². The number of ether oxygens (including phenoxy) is 6. The zero-order valence-electron chi connectivity index (χ0n) is 64.7. The summed E-state index contributed by atoms with van der Waals surface area (Å²) in [4.78, 5) is 0. The van der Waals surface area contributed by atoms with Gasteiger partial charge in [0.15, 0.2) is 12.6 Å². The van der Waals surface area contributed by atoms with E-state index in [1.807, 2.05) is 13.8 Å². The molecule has 2 aromatic rings. The molecular weight excluding hydrogens is 1210 g/mol. The monoisotopic (exact) mass is 1360 g/mol. The number of hydrogen-bond donors (Lipinski definition) is 0. The van der Waals surface area contributed by atoms with Crippen LogP contribution >= 0.6 is 0 Å². The van der Waals surface area contributed by atoms with Gasteiger partial charge in [-0.2, -0.15) is 0 Å². The van der Waals surface area contributed by atoms with Crippen molar-refractivity contribution in [1.82, 2.24) is 0 Å². The van der Waals surface area contributed by atoms with Crippen LogP contribution in [0.1, 0.15) is 307 Å². The van der Waals surface area contributed by atoms with E-state index in [0.29, 0.717) is 24.0 Å². The molecule has 5 aliphatic carbocycles. The Morgan fingerprint density at radius 1 is 0.261 bits per heavy atom. The summed E-state index contributed by atoms with van der Waals surface area (Å²) in [5.74, 6) is 10.7. The fourth-order valence-corrected chi connectivity index (χ4v) is 11.6. The van der Waals surface area contributed by atoms with Crippen LogP contribution in [0.25, 0.3) is 0 Å².